The van der Waals surface area contributed by atoms with E-state index >= 15 is 0 Å². The molecule has 0 fully saturated rings. The number of aryl methyl sites for hydroxylation is 1. The Hall–Kier alpha value is -1.39. The predicted molar refractivity (Wildman–Crippen MR) is 76.3 cm³/mol. The monoisotopic (exact) mass is 262 g/mol. The summed E-state index contributed by atoms with van der Waals surface area (Å²) in [4.78, 5) is 4.65. The minimum absolute atomic E-state index is 0.322. The van der Waals surface area contributed by atoms with Gasteiger partial charge in [-0.15, -0.1) is 11.3 Å². The van der Waals surface area contributed by atoms with Gasteiger partial charge in [-0.1, -0.05) is 6.92 Å². The number of hydrogen-bond acceptors (Lipinski definition) is 4. The molecule has 1 heterocycles. The van der Waals surface area contributed by atoms with Crippen molar-refractivity contribution in [3.05, 3.63) is 34.2 Å². The molecule has 0 aliphatic heterocycles. The number of nitrogens with zero attached hydrogens (tertiary/aromatic N) is 1. The third kappa shape index (κ3) is 2.54. The normalized spacial score (nSPS) is 12.4. The van der Waals surface area contributed by atoms with Crippen LogP contribution in [0.2, 0.25) is 0 Å². The maximum absolute atomic E-state index is 5.66. The highest BCUT2D eigenvalue weighted by Crippen LogP contribution is 2.29. The van der Waals surface area contributed by atoms with Gasteiger partial charge in [0.1, 0.15) is 5.75 Å². The number of thiazole rings is 1. The minimum Gasteiger partial charge on any atom is -0.496 e. The Morgan fingerprint density at radius 3 is 2.83 bits per heavy atom. The van der Waals surface area contributed by atoms with Gasteiger partial charge in [0.15, 0.2) is 0 Å². The molecule has 0 amide bonds. The van der Waals surface area contributed by atoms with Crippen LogP contribution in [0.4, 0.5) is 0 Å². The van der Waals surface area contributed by atoms with E-state index in [1.165, 1.54) is 0 Å². The summed E-state index contributed by atoms with van der Waals surface area (Å²) in [5, 5.41) is 3.18. The molecule has 2 aromatic rings. The smallest absolute Gasteiger partial charge is 0.121 e. The van der Waals surface area contributed by atoms with Crippen LogP contribution in [0.15, 0.2) is 23.6 Å². The first-order chi connectivity index (χ1) is 8.65. The third-order valence-corrected chi connectivity index (χ3v) is 4.06. The van der Waals surface area contributed by atoms with Crippen LogP contribution in [0.25, 0.3) is 11.3 Å². The van der Waals surface area contributed by atoms with E-state index in [-0.39, 0.29) is 0 Å². The number of benzene rings is 1. The highest BCUT2D eigenvalue weighted by Gasteiger charge is 2.10. The lowest BCUT2D eigenvalue weighted by Gasteiger charge is -2.06. The van der Waals surface area contributed by atoms with Gasteiger partial charge in [0.05, 0.1) is 17.8 Å². The van der Waals surface area contributed by atoms with E-state index in [2.05, 4.69) is 23.4 Å². The van der Waals surface area contributed by atoms with Crippen molar-refractivity contribution < 1.29 is 4.74 Å². The van der Waals surface area contributed by atoms with E-state index in [0.29, 0.717) is 12.5 Å². The van der Waals surface area contributed by atoms with E-state index in [1.54, 1.807) is 18.4 Å². The molecule has 0 saturated heterocycles. The summed E-state index contributed by atoms with van der Waals surface area (Å²) in [6.45, 7) is 4.77. The van der Waals surface area contributed by atoms with Gasteiger partial charge in [-0.3, -0.25) is 0 Å². The Bertz CT molecular complexity index is 536. The average Bonchev–Trinajstić information content (AvgIpc) is 2.87. The summed E-state index contributed by atoms with van der Waals surface area (Å²) in [6.07, 6.45) is 0. The van der Waals surface area contributed by atoms with Crippen LogP contribution in [0, 0.1) is 6.92 Å². The van der Waals surface area contributed by atoms with Gasteiger partial charge in [-0.25, -0.2) is 4.98 Å². The summed E-state index contributed by atoms with van der Waals surface area (Å²) < 4.78 is 5.26. The fourth-order valence-electron chi connectivity index (χ4n) is 1.79. The molecule has 3 nitrogen and oxygen atoms in total. The molecule has 2 rings (SSSR count). The van der Waals surface area contributed by atoms with E-state index in [9.17, 15) is 0 Å². The van der Waals surface area contributed by atoms with Gasteiger partial charge in [-0.05, 0) is 30.7 Å². The molecular formula is C14H18N2OS. The van der Waals surface area contributed by atoms with Crippen LogP contribution in [0.1, 0.15) is 23.4 Å². The number of rotatable bonds is 4. The van der Waals surface area contributed by atoms with Crippen LogP contribution in [-0.4, -0.2) is 18.6 Å². The van der Waals surface area contributed by atoms with Crippen molar-refractivity contribution in [2.75, 3.05) is 13.7 Å². The maximum Gasteiger partial charge on any atom is 0.121 e. The highest BCUT2D eigenvalue weighted by molar-refractivity contribution is 7.10. The van der Waals surface area contributed by atoms with Crippen LogP contribution in [0.5, 0.6) is 5.75 Å². The molecular weight excluding hydrogens is 244 g/mol. The molecule has 0 radical (unpaired) electrons. The minimum atomic E-state index is 0.322. The molecule has 0 spiro atoms. The first-order valence-electron chi connectivity index (χ1n) is 5.96. The van der Waals surface area contributed by atoms with Gasteiger partial charge in [-0.2, -0.15) is 0 Å². The number of aromatic nitrogens is 1. The summed E-state index contributed by atoms with van der Waals surface area (Å²) in [5.74, 6) is 1.23. The third-order valence-electron chi connectivity index (χ3n) is 2.99. The van der Waals surface area contributed by atoms with Crippen molar-refractivity contribution in [3.63, 3.8) is 0 Å². The Morgan fingerprint density at radius 2 is 2.22 bits per heavy atom. The van der Waals surface area contributed by atoms with E-state index < -0.39 is 0 Å². The quantitative estimate of drug-likeness (QED) is 0.920. The van der Waals surface area contributed by atoms with Crippen molar-refractivity contribution in [1.29, 1.82) is 0 Å². The lowest BCUT2D eigenvalue weighted by Crippen LogP contribution is -2.08. The second kappa shape index (κ2) is 5.50. The fourth-order valence-corrected chi connectivity index (χ4v) is 2.69. The Morgan fingerprint density at radius 1 is 1.44 bits per heavy atom. The van der Waals surface area contributed by atoms with Gasteiger partial charge in [0, 0.05) is 23.4 Å². The fraction of sp³-hybridized carbons (Fsp3) is 0.357. The zero-order chi connectivity index (χ0) is 13.1. The molecule has 0 bridgehead atoms. The number of methoxy groups -OCH3 is 1. The topological polar surface area (TPSA) is 48.1 Å². The van der Waals surface area contributed by atoms with Crippen LogP contribution in [0.3, 0.4) is 0 Å². The SMILES string of the molecule is COc1ccc(-c2csc(C(C)CN)n2)cc1C. The molecule has 0 aliphatic rings. The van der Waals surface area contributed by atoms with Crippen molar-refractivity contribution >= 4 is 11.3 Å². The lowest BCUT2D eigenvalue weighted by atomic mass is 10.1. The molecule has 1 unspecified atom stereocenters. The van der Waals surface area contributed by atoms with E-state index in [1.807, 2.05) is 19.1 Å². The standard InChI is InChI=1S/C14H18N2OS/c1-9-6-11(4-5-13(9)17-3)12-8-18-14(16-12)10(2)7-15/h4-6,8,10H,7,15H2,1-3H3. The van der Waals surface area contributed by atoms with Gasteiger partial charge in [0.25, 0.3) is 0 Å². The average molecular weight is 262 g/mol. The second-order valence-electron chi connectivity index (χ2n) is 4.39. The molecule has 2 N–H and O–H groups in total. The zero-order valence-corrected chi connectivity index (χ0v) is 11.8. The Balaban J connectivity index is 2.31. The van der Waals surface area contributed by atoms with Gasteiger partial charge in [0.2, 0.25) is 0 Å². The molecule has 1 aromatic carbocycles. The molecule has 18 heavy (non-hydrogen) atoms. The summed E-state index contributed by atoms with van der Waals surface area (Å²) in [6, 6.07) is 6.12. The van der Waals surface area contributed by atoms with Crippen LogP contribution < -0.4 is 10.5 Å². The lowest BCUT2D eigenvalue weighted by molar-refractivity contribution is 0.412. The first kappa shape index (κ1) is 13.1. The molecule has 4 heteroatoms. The van der Waals surface area contributed by atoms with Crippen LogP contribution >= 0.6 is 11.3 Å². The summed E-state index contributed by atoms with van der Waals surface area (Å²) in [7, 11) is 1.69. The van der Waals surface area contributed by atoms with Gasteiger partial charge < -0.3 is 10.5 Å². The second-order valence-corrected chi connectivity index (χ2v) is 5.28. The summed E-state index contributed by atoms with van der Waals surface area (Å²) >= 11 is 1.67. The number of ether oxygens (including phenoxy) is 1. The number of nitrogens with two attached hydrogens (primary N) is 1. The van der Waals surface area contributed by atoms with Gasteiger partial charge >= 0.3 is 0 Å². The Kier molecular flexibility index (Phi) is 3.99. The molecule has 1 atom stereocenters. The van der Waals surface area contributed by atoms with E-state index in [0.717, 1.165) is 27.6 Å². The van der Waals surface area contributed by atoms with Crippen molar-refractivity contribution in [1.82, 2.24) is 4.98 Å². The first-order valence-corrected chi connectivity index (χ1v) is 6.84. The largest absolute Gasteiger partial charge is 0.496 e. The molecule has 1 aromatic heterocycles. The van der Waals surface area contributed by atoms with Crippen molar-refractivity contribution in [3.8, 4) is 17.0 Å². The van der Waals surface area contributed by atoms with Crippen molar-refractivity contribution in [2.24, 2.45) is 5.73 Å². The van der Waals surface area contributed by atoms with E-state index in [4.69, 9.17) is 10.5 Å². The molecule has 0 aliphatic carbocycles. The predicted octanol–water partition coefficient (Wildman–Crippen LogP) is 3.19. The molecule has 96 valence electrons. The summed E-state index contributed by atoms with van der Waals surface area (Å²) in [5.41, 5.74) is 8.93. The molecule has 0 saturated carbocycles. The zero-order valence-electron chi connectivity index (χ0n) is 10.9. The van der Waals surface area contributed by atoms with Crippen molar-refractivity contribution in [2.45, 2.75) is 19.8 Å². The van der Waals surface area contributed by atoms with Crippen LogP contribution in [-0.2, 0) is 0 Å². The number of hydrogen-bond donors (Lipinski definition) is 1. The maximum atomic E-state index is 5.66. The Labute approximate surface area is 112 Å². The highest BCUT2D eigenvalue weighted by atomic mass is 32.1.